The minimum Gasteiger partial charge on any atom is -0.348 e. The van der Waals surface area contributed by atoms with Gasteiger partial charge >= 0.3 is 0 Å². The van der Waals surface area contributed by atoms with Gasteiger partial charge in [-0.2, -0.15) is 0 Å². The molecule has 1 aromatic heterocycles. The second kappa shape index (κ2) is 6.70. The van der Waals surface area contributed by atoms with Crippen molar-refractivity contribution in [3.63, 3.8) is 0 Å². The molecular weight excluding hydrogens is 240 g/mol. The molecule has 0 bridgehead atoms. The van der Waals surface area contributed by atoms with E-state index in [1.807, 2.05) is 17.8 Å². The Hall–Kier alpha value is -1.36. The fraction of sp³-hybridized carbons (Fsp3) is 0.714. The minimum absolute atomic E-state index is 0.100. The topological polar surface area (TPSA) is 50.2 Å². The molecule has 2 rings (SSSR count). The molecule has 5 heteroatoms. The average Bonchev–Trinajstić information content (AvgIpc) is 2.82. The highest BCUT2D eigenvalue weighted by Gasteiger charge is 2.22. The van der Waals surface area contributed by atoms with E-state index >= 15 is 0 Å². The van der Waals surface area contributed by atoms with Crippen molar-refractivity contribution in [1.29, 1.82) is 0 Å². The largest absolute Gasteiger partial charge is 0.348 e. The van der Waals surface area contributed by atoms with Gasteiger partial charge in [-0.1, -0.05) is 13.3 Å². The van der Waals surface area contributed by atoms with E-state index in [1.165, 1.54) is 19.3 Å². The van der Waals surface area contributed by atoms with Crippen LogP contribution in [0.25, 0.3) is 0 Å². The molecule has 0 radical (unpaired) electrons. The van der Waals surface area contributed by atoms with E-state index in [4.69, 9.17) is 0 Å². The fourth-order valence-corrected chi connectivity index (χ4v) is 2.72. The maximum Gasteiger partial charge on any atom is 0.234 e. The van der Waals surface area contributed by atoms with Crippen LogP contribution in [-0.2, 0) is 18.4 Å². The second-order valence-corrected chi connectivity index (χ2v) is 5.26. The lowest BCUT2D eigenvalue weighted by atomic mass is 10.0. The van der Waals surface area contributed by atoms with Crippen molar-refractivity contribution in [2.45, 2.75) is 45.2 Å². The SMILES string of the molecule is CC[C@@H]1CCCCN1CC(=O)NCc1nccn1C. The molecule has 0 aliphatic carbocycles. The highest BCUT2D eigenvalue weighted by molar-refractivity contribution is 5.77. The number of likely N-dealkylation sites (tertiary alicyclic amines) is 1. The Morgan fingerprint density at radius 1 is 1.53 bits per heavy atom. The number of aromatic nitrogens is 2. The summed E-state index contributed by atoms with van der Waals surface area (Å²) in [7, 11) is 1.94. The Bertz CT molecular complexity index is 415. The zero-order valence-corrected chi connectivity index (χ0v) is 11.9. The molecule has 1 N–H and O–H groups in total. The highest BCUT2D eigenvalue weighted by Crippen LogP contribution is 2.18. The maximum atomic E-state index is 12.0. The predicted molar refractivity (Wildman–Crippen MR) is 74.6 cm³/mol. The van der Waals surface area contributed by atoms with Crippen LogP contribution < -0.4 is 5.32 Å². The molecule has 0 spiro atoms. The first-order chi connectivity index (χ1) is 9.20. The normalized spacial score (nSPS) is 20.4. The summed E-state index contributed by atoms with van der Waals surface area (Å²) in [6.45, 7) is 4.28. The summed E-state index contributed by atoms with van der Waals surface area (Å²) in [6, 6.07) is 0.577. The van der Waals surface area contributed by atoms with Crippen molar-refractivity contribution in [3.8, 4) is 0 Å². The number of hydrogen-bond donors (Lipinski definition) is 1. The van der Waals surface area contributed by atoms with E-state index in [0.29, 0.717) is 19.1 Å². The first-order valence-corrected chi connectivity index (χ1v) is 7.17. The summed E-state index contributed by atoms with van der Waals surface area (Å²) in [5.41, 5.74) is 0. The van der Waals surface area contributed by atoms with E-state index in [2.05, 4.69) is 22.1 Å². The molecule has 1 aliphatic heterocycles. The Balaban J connectivity index is 1.79. The predicted octanol–water partition coefficient (Wildman–Crippen LogP) is 1.30. The van der Waals surface area contributed by atoms with Gasteiger partial charge in [0.25, 0.3) is 0 Å². The number of piperidine rings is 1. The number of nitrogens with zero attached hydrogens (tertiary/aromatic N) is 3. The van der Waals surface area contributed by atoms with Gasteiger partial charge in [0.15, 0.2) is 0 Å². The molecule has 5 nitrogen and oxygen atoms in total. The number of hydrogen-bond acceptors (Lipinski definition) is 3. The number of aryl methyl sites for hydroxylation is 1. The summed E-state index contributed by atoms with van der Waals surface area (Å²) in [4.78, 5) is 18.5. The minimum atomic E-state index is 0.100. The lowest BCUT2D eigenvalue weighted by Crippen LogP contribution is -2.45. The van der Waals surface area contributed by atoms with Gasteiger partial charge in [-0.25, -0.2) is 4.98 Å². The van der Waals surface area contributed by atoms with Crippen LogP contribution in [0.1, 0.15) is 38.4 Å². The van der Waals surface area contributed by atoms with Crippen molar-refractivity contribution in [3.05, 3.63) is 18.2 Å². The number of nitrogens with one attached hydrogen (secondary N) is 1. The molecule has 0 aromatic carbocycles. The van der Waals surface area contributed by atoms with Crippen LogP contribution in [0.5, 0.6) is 0 Å². The molecule has 106 valence electrons. The standard InChI is InChI=1S/C14H24N4O/c1-3-12-6-4-5-8-18(12)11-14(19)16-10-13-15-7-9-17(13)2/h7,9,12H,3-6,8,10-11H2,1-2H3,(H,16,19)/t12-/m1/s1. The van der Waals surface area contributed by atoms with Crippen LogP contribution in [0.3, 0.4) is 0 Å². The van der Waals surface area contributed by atoms with Crippen LogP contribution in [0.15, 0.2) is 12.4 Å². The van der Waals surface area contributed by atoms with Crippen LogP contribution in [0, 0.1) is 0 Å². The lowest BCUT2D eigenvalue weighted by Gasteiger charge is -2.34. The van der Waals surface area contributed by atoms with Gasteiger partial charge in [0.2, 0.25) is 5.91 Å². The molecule has 1 saturated heterocycles. The Morgan fingerprint density at radius 3 is 3.05 bits per heavy atom. The number of imidazole rings is 1. The van der Waals surface area contributed by atoms with Crippen LogP contribution in [0.4, 0.5) is 0 Å². The first kappa shape index (κ1) is 14.1. The van der Waals surface area contributed by atoms with Crippen molar-refractivity contribution in [2.75, 3.05) is 13.1 Å². The van der Waals surface area contributed by atoms with Gasteiger partial charge in [0.05, 0.1) is 13.1 Å². The van der Waals surface area contributed by atoms with E-state index in [1.54, 1.807) is 6.20 Å². The third-order valence-electron chi connectivity index (χ3n) is 3.93. The van der Waals surface area contributed by atoms with Crippen LogP contribution >= 0.6 is 0 Å². The van der Waals surface area contributed by atoms with Crippen LogP contribution in [0.2, 0.25) is 0 Å². The second-order valence-electron chi connectivity index (χ2n) is 5.26. The fourth-order valence-electron chi connectivity index (χ4n) is 2.72. The van der Waals surface area contributed by atoms with E-state index < -0.39 is 0 Å². The number of amides is 1. The maximum absolute atomic E-state index is 12.0. The molecule has 0 unspecified atom stereocenters. The number of carbonyl (C=O) groups excluding carboxylic acids is 1. The molecule has 2 heterocycles. The molecule has 1 fully saturated rings. The van der Waals surface area contributed by atoms with Crippen molar-refractivity contribution < 1.29 is 4.79 Å². The quantitative estimate of drug-likeness (QED) is 0.872. The highest BCUT2D eigenvalue weighted by atomic mass is 16.2. The molecule has 1 aliphatic rings. The molecule has 1 aromatic rings. The van der Waals surface area contributed by atoms with Gasteiger partial charge in [0.1, 0.15) is 5.82 Å². The number of carbonyl (C=O) groups is 1. The van der Waals surface area contributed by atoms with Gasteiger partial charge in [-0.3, -0.25) is 9.69 Å². The molecular formula is C14H24N4O. The summed E-state index contributed by atoms with van der Waals surface area (Å²) in [5, 5.41) is 2.95. The Labute approximate surface area is 115 Å². The van der Waals surface area contributed by atoms with Crippen molar-refractivity contribution in [1.82, 2.24) is 19.8 Å². The average molecular weight is 264 g/mol. The zero-order chi connectivity index (χ0) is 13.7. The summed E-state index contributed by atoms with van der Waals surface area (Å²) in [6.07, 6.45) is 8.50. The monoisotopic (exact) mass is 264 g/mol. The molecule has 1 amide bonds. The molecule has 0 saturated carbocycles. The Morgan fingerprint density at radius 2 is 2.37 bits per heavy atom. The summed E-state index contributed by atoms with van der Waals surface area (Å²) in [5.74, 6) is 0.988. The third kappa shape index (κ3) is 3.80. The van der Waals surface area contributed by atoms with E-state index in [-0.39, 0.29) is 5.91 Å². The zero-order valence-electron chi connectivity index (χ0n) is 11.9. The van der Waals surface area contributed by atoms with Gasteiger partial charge in [-0.05, 0) is 25.8 Å². The molecule has 19 heavy (non-hydrogen) atoms. The van der Waals surface area contributed by atoms with Gasteiger partial charge in [-0.15, -0.1) is 0 Å². The number of rotatable bonds is 5. The first-order valence-electron chi connectivity index (χ1n) is 7.17. The van der Waals surface area contributed by atoms with Gasteiger partial charge in [0, 0.05) is 25.5 Å². The molecule has 1 atom stereocenters. The van der Waals surface area contributed by atoms with E-state index in [0.717, 1.165) is 18.8 Å². The summed E-state index contributed by atoms with van der Waals surface area (Å²) >= 11 is 0. The summed E-state index contributed by atoms with van der Waals surface area (Å²) < 4.78 is 1.93. The van der Waals surface area contributed by atoms with Crippen LogP contribution in [-0.4, -0.2) is 39.5 Å². The Kier molecular flexibility index (Phi) is 4.96. The lowest BCUT2D eigenvalue weighted by molar-refractivity contribution is -0.123. The smallest absolute Gasteiger partial charge is 0.234 e. The van der Waals surface area contributed by atoms with Crippen molar-refractivity contribution >= 4 is 5.91 Å². The van der Waals surface area contributed by atoms with Crippen molar-refractivity contribution in [2.24, 2.45) is 7.05 Å². The third-order valence-corrected chi connectivity index (χ3v) is 3.93. The van der Waals surface area contributed by atoms with Gasteiger partial charge < -0.3 is 9.88 Å². The van der Waals surface area contributed by atoms with E-state index in [9.17, 15) is 4.79 Å².